The van der Waals surface area contributed by atoms with Gasteiger partial charge in [-0.25, -0.2) is 4.79 Å². The third kappa shape index (κ3) is 5.31. The minimum Gasteiger partial charge on any atom is -0.383 e. The molecule has 1 aromatic carbocycles. The van der Waals surface area contributed by atoms with Crippen molar-refractivity contribution in [3.63, 3.8) is 0 Å². The van der Waals surface area contributed by atoms with Crippen LogP contribution in [0.5, 0.6) is 0 Å². The van der Waals surface area contributed by atoms with E-state index in [0.29, 0.717) is 26.3 Å². The lowest BCUT2D eigenvalue weighted by Crippen LogP contribution is -2.37. The minimum atomic E-state index is -0.153. The van der Waals surface area contributed by atoms with Gasteiger partial charge in [-0.05, 0) is 36.8 Å². The van der Waals surface area contributed by atoms with Gasteiger partial charge in [0.25, 0.3) is 0 Å². The van der Waals surface area contributed by atoms with Crippen LogP contribution >= 0.6 is 0 Å². The largest absolute Gasteiger partial charge is 0.383 e. The highest BCUT2D eigenvalue weighted by Gasteiger charge is 2.19. The maximum absolute atomic E-state index is 11.4. The van der Waals surface area contributed by atoms with Crippen LogP contribution in [-0.4, -0.2) is 39.4 Å². The summed E-state index contributed by atoms with van der Waals surface area (Å²) < 4.78 is 10.9. The third-order valence-electron chi connectivity index (χ3n) is 3.83. The Labute approximate surface area is 132 Å². The third-order valence-corrected chi connectivity index (χ3v) is 3.83. The Morgan fingerprint density at radius 1 is 1.23 bits per heavy atom. The number of urea groups is 1. The molecule has 0 radical (unpaired) electrons. The predicted molar refractivity (Wildman–Crippen MR) is 86.0 cm³/mol. The number of hydrogen-bond donors (Lipinski definition) is 2. The van der Waals surface area contributed by atoms with E-state index in [-0.39, 0.29) is 12.1 Å². The number of rotatable bonds is 8. The van der Waals surface area contributed by atoms with Crippen molar-refractivity contribution in [2.75, 3.05) is 33.4 Å². The molecule has 5 nitrogen and oxygen atoms in total. The lowest BCUT2D eigenvalue weighted by atomic mass is 9.89. The molecule has 22 heavy (non-hydrogen) atoms. The SMILES string of the molecule is COCCNC(=O)NCCCO[C@H]1CCCc2ccccc21. The maximum atomic E-state index is 11.4. The van der Waals surface area contributed by atoms with E-state index < -0.39 is 0 Å². The molecule has 0 saturated carbocycles. The molecule has 1 aliphatic carbocycles. The zero-order chi connectivity index (χ0) is 15.6. The molecule has 0 spiro atoms. The van der Waals surface area contributed by atoms with Crippen LogP contribution in [0, 0.1) is 0 Å². The highest BCUT2D eigenvalue weighted by Crippen LogP contribution is 2.32. The number of fused-ring (bicyclic) bond motifs is 1. The van der Waals surface area contributed by atoms with Gasteiger partial charge in [0.05, 0.1) is 12.7 Å². The Bertz CT molecular complexity index is 465. The van der Waals surface area contributed by atoms with Crippen LogP contribution in [0.2, 0.25) is 0 Å². The van der Waals surface area contributed by atoms with Crippen molar-refractivity contribution in [2.45, 2.75) is 31.8 Å². The summed E-state index contributed by atoms with van der Waals surface area (Å²) in [5, 5.41) is 5.53. The molecule has 2 amide bonds. The van der Waals surface area contributed by atoms with Gasteiger partial charge in [-0.2, -0.15) is 0 Å². The monoisotopic (exact) mass is 306 g/mol. The second-order valence-electron chi connectivity index (χ2n) is 5.48. The molecule has 0 aliphatic heterocycles. The molecule has 1 atom stereocenters. The summed E-state index contributed by atoms with van der Waals surface area (Å²) in [7, 11) is 1.61. The molecule has 0 heterocycles. The lowest BCUT2D eigenvalue weighted by Gasteiger charge is -2.25. The van der Waals surface area contributed by atoms with E-state index in [1.54, 1.807) is 7.11 Å². The number of methoxy groups -OCH3 is 1. The lowest BCUT2D eigenvalue weighted by molar-refractivity contribution is 0.0396. The van der Waals surface area contributed by atoms with E-state index in [4.69, 9.17) is 9.47 Å². The predicted octanol–water partition coefficient (Wildman–Crippen LogP) is 2.42. The molecule has 0 saturated heterocycles. The zero-order valence-corrected chi connectivity index (χ0v) is 13.3. The highest BCUT2D eigenvalue weighted by atomic mass is 16.5. The van der Waals surface area contributed by atoms with Gasteiger partial charge in [0, 0.05) is 26.8 Å². The second kappa shape index (κ2) is 9.43. The Hall–Kier alpha value is -1.59. The first-order valence-corrected chi connectivity index (χ1v) is 8.01. The zero-order valence-electron chi connectivity index (χ0n) is 13.3. The number of nitrogens with one attached hydrogen (secondary N) is 2. The maximum Gasteiger partial charge on any atom is 0.314 e. The van der Waals surface area contributed by atoms with Crippen LogP contribution in [0.25, 0.3) is 0 Å². The summed E-state index contributed by atoms with van der Waals surface area (Å²) >= 11 is 0. The van der Waals surface area contributed by atoms with Crippen molar-refractivity contribution in [2.24, 2.45) is 0 Å². The van der Waals surface area contributed by atoms with Gasteiger partial charge in [0.2, 0.25) is 0 Å². The highest BCUT2D eigenvalue weighted by molar-refractivity contribution is 5.73. The number of hydrogen-bond acceptors (Lipinski definition) is 3. The summed E-state index contributed by atoms with van der Waals surface area (Å²) in [6, 6.07) is 8.37. The number of carbonyl (C=O) groups is 1. The normalized spacial score (nSPS) is 16.9. The molecule has 0 bridgehead atoms. The van der Waals surface area contributed by atoms with Crippen LogP contribution in [0.1, 0.15) is 36.5 Å². The molecule has 0 fully saturated rings. The van der Waals surface area contributed by atoms with Crippen LogP contribution in [0.15, 0.2) is 24.3 Å². The summed E-state index contributed by atoms with van der Waals surface area (Å²) in [6.07, 6.45) is 4.44. The number of aryl methyl sites for hydroxylation is 1. The Kier molecular flexibility index (Phi) is 7.19. The number of benzene rings is 1. The fraction of sp³-hybridized carbons (Fsp3) is 0.588. The Balaban J connectivity index is 1.61. The molecular formula is C17H26N2O3. The fourth-order valence-corrected chi connectivity index (χ4v) is 2.71. The van der Waals surface area contributed by atoms with Gasteiger partial charge in [-0.15, -0.1) is 0 Å². The first-order chi connectivity index (χ1) is 10.8. The average molecular weight is 306 g/mol. The van der Waals surface area contributed by atoms with E-state index in [0.717, 1.165) is 19.3 Å². The van der Waals surface area contributed by atoms with Crippen LogP contribution in [0.4, 0.5) is 4.79 Å². The Morgan fingerprint density at radius 3 is 2.91 bits per heavy atom. The van der Waals surface area contributed by atoms with E-state index >= 15 is 0 Å². The molecule has 2 N–H and O–H groups in total. The smallest absolute Gasteiger partial charge is 0.314 e. The Morgan fingerprint density at radius 2 is 2.05 bits per heavy atom. The van der Waals surface area contributed by atoms with Crippen molar-refractivity contribution < 1.29 is 14.3 Å². The topological polar surface area (TPSA) is 59.6 Å². The van der Waals surface area contributed by atoms with E-state index in [2.05, 4.69) is 34.9 Å². The molecule has 1 aromatic rings. The number of carbonyl (C=O) groups excluding carboxylic acids is 1. The van der Waals surface area contributed by atoms with Crippen LogP contribution < -0.4 is 10.6 Å². The second-order valence-corrected chi connectivity index (χ2v) is 5.48. The molecule has 122 valence electrons. The number of amides is 2. The molecule has 2 rings (SSSR count). The molecular weight excluding hydrogens is 280 g/mol. The summed E-state index contributed by atoms with van der Waals surface area (Å²) in [5.41, 5.74) is 2.74. The number of ether oxygens (including phenoxy) is 2. The summed E-state index contributed by atoms with van der Waals surface area (Å²) in [6.45, 7) is 2.33. The first-order valence-electron chi connectivity index (χ1n) is 8.01. The van der Waals surface area contributed by atoms with Crippen molar-refractivity contribution in [3.05, 3.63) is 35.4 Å². The van der Waals surface area contributed by atoms with E-state index in [9.17, 15) is 4.79 Å². The quantitative estimate of drug-likeness (QED) is 0.725. The molecule has 5 heteroatoms. The van der Waals surface area contributed by atoms with E-state index in [1.807, 2.05) is 0 Å². The van der Waals surface area contributed by atoms with E-state index in [1.165, 1.54) is 17.5 Å². The van der Waals surface area contributed by atoms with Crippen molar-refractivity contribution in [3.8, 4) is 0 Å². The summed E-state index contributed by atoms with van der Waals surface area (Å²) in [4.78, 5) is 11.4. The average Bonchev–Trinajstić information content (AvgIpc) is 2.55. The molecule has 0 aromatic heterocycles. The van der Waals surface area contributed by atoms with Crippen LogP contribution in [-0.2, 0) is 15.9 Å². The van der Waals surface area contributed by atoms with Crippen molar-refractivity contribution in [1.82, 2.24) is 10.6 Å². The summed E-state index contributed by atoms with van der Waals surface area (Å²) in [5.74, 6) is 0. The molecule has 0 unspecified atom stereocenters. The van der Waals surface area contributed by atoms with Gasteiger partial charge in [-0.1, -0.05) is 24.3 Å². The van der Waals surface area contributed by atoms with Gasteiger partial charge < -0.3 is 20.1 Å². The van der Waals surface area contributed by atoms with Gasteiger partial charge >= 0.3 is 6.03 Å². The van der Waals surface area contributed by atoms with Crippen molar-refractivity contribution >= 4 is 6.03 Å². The fourth-order valence-electron chi connectivity index (χ4n) is 2.71. The molecule has 1 aliphatic rings. The minimum absolute atomic E-state index is 0.153. The van der Waals surface area contributed by atoms with Gasteiger partial charge in [0.1, 0.15) is 0 Å². The van der Waals surface area contributed by atoms with Gasteiger partial charge in [0.15, 0.2) is 0 Å². The first kappa shape index (κ1) is 16.8. The van der Waals surface area contributed by atoms with Gasteiger partial charge in [-0.3, -0.25) is 0 Å². The van der Waals surface area contributed by atoms with Crippen LogP contribution in [0.3, 0.4) is 0 Å². The van der Waals surface area contributed by atoms with Crippen molar-refractivity contribution in [1.29, 1.82) is 0 Å². The standard InChI is InChI=1S/C17H26N2O3/c1-21-13-11-19-17(20)18-10-5-12-22-16-9-4-7-14-6-2-3-8-15(14)16/h2-3,6,8,16H,4-5,7,9-13H2,1H3,(H2,18,19,20)/t16-/m0/s1.